The second-order valence-corrected chi connectivity index (χ2v) is 8.43. The van der Waals surface area contributed by atoms with Crippen LogP contribution in [0.1, 0.15) is 43.7 Å². The van der Waals surface area contributed by atoms with Crippen LogP contribution in [0, 0.1) is 23.5 Å². The fraction of sp³-hybridized carbons (Fsp3) is 0.250. The van der Waals surface area contributed by atoms with Gasteiger partial charge < -0.3 is 15.3 Å². The molecule has 0 radical (unpaired) electrons. The van der Waals surface area contributed by atoms with E-state index in [1.165, 1.54) is 24.3 Å². The predicted molar refractivity (Wildman–Crippen MR) is 127 cm³/mol. The highest BCUT2D eigenvalue weighted by Gasteiger charge is 2.17. The summed E-state index contributed by atoms with van der Waals surface area (Å²) in [4.78, 5) is 10.8. The Morgan fingerprint density at radius 3 is 1.97 bits per heavy atom. The quantitative estimate of drug-likeness (QED) is 0.412. The van der Waals surface area contributed by atoms with Crippen LogP contribution in [-0.4, -0.2) is 33.5 Å². The lowest BCUT2D eigenvalue weighted by atomic mass is 9.86. The molecular formula is C28H26F2O4. The number of carbonyl (C=O) groups is 1. The van der Waals surface area contributed by atoms with Crippen LogP contribution in [0.5, 0.6) is 0 Å². The van der Waals surface area contributed by atoms with E-state index in [2.05, 4.69) is 11.8 Å². The van der Waals surface area contributed by atoms with Crippen molar-refractivity contribution in [1.82, 2.24) is 0 Å². The Kier molecular flexibility index (Phi) is 8.17. The molecule has 0 aromatic heterocycles. The first-order chi connectivity index (χ1) is 16.1. The van der Waals surface area contributed by atoms with Crippen molar-refractivity contribution in [2.24, 2.45) is 0 Å². The maximum atomic E-state index is 13.6. The normalized spacial score (nSPS) is 12.7. The smallest absolute Gasteiger partial charge is 0.305 e. The third-order valence-corrected chi connectivity index (χ3v) is 5.39. The molecule has 3 aromatic rings. The van der Waals surface area contributed by atoms with Crippen LogP contribution in [0.15, 0.2) is 60.7 Å². The van der Waals surface area contributed by atoms with Crippen LogP contribution in [0.3, 0.4) is 0 Å². The molecule has 0 fully saturated rings. The second kappa shape index (κ2) is 11.1. The van der Waals surface area contributed by atoms with Crippen molar-refractivity contribution in [3.8, 4) is 34.1 Å². The molecule has 0 aliphatic heterocycles. The molecule has 0 bridgehead atoms. The topological polar surface area (TPSA) is 77.8 Å². The Bertz CT molecular complexity index is 1210. The van der Waals surface area contributed by atoms with Crippen molar-refractivity contribution in [3.05, 3.63) is 83.4 Å². The largest absolute Gasteiger partial charge is 0.481 e. The fourth-order valence-electron chi connectivity index (χ4n) is 3.68. The van der Waals surface area contributed by atoms with Crippen molar-refractivity contribution in [3.63, 3.8) is 0 Å². The molecule has 0 saturated heterocycles. The molecule has 34 heavy (non-hydrogen) atoms. The second-order valence-electron chi connectivity index (χ2n) is 8.43. The predicted octanol–water partition coefficient (Wildman–Crippen LogP) is 5.36. The molecule has 0 saturated carbocycles. The number of aliphatic hydroxyl groups excluding tert-OH is 2. The van der Waals surface area contributed by atoms with E-state index < -0.39 is 24.6 Å². The summed E-state index contributed by atoms with van der Waals surface area (Å²) >= 11 is 0. The Morgan fingerprint density at radius 2 is 1.44 bits per heavy atom. The van der Waals surface area contributed by atoms with Gasteiger partial charge in [-0.05, 0) is 70.1 Å². The van der Waals surface area contributed by atoms with Crippen molar-refractivity contribution in [2.45, 2.75) is 44.8 Å². The van der Waals surface area contributed by atoms with Gasteiger partial charge in [-0.3, -0.25) is 4.79 Å². The summed E-state index contributed by atoms with van der Waals surface area (Å²) < 4.78 is 27.1. The molecule has 2 atom stereocenters. The van der Waals surface area contributed by atoms with Crippen molar-refractivity contribution in [2.75, 3.05) is 0 Å². The third-order valence-electron chi connectivity index (χ3n) is 5.39. The van der Waals surface area contributed by atoms with Crippen LogP contribution in [0.25, 0.3) is 22.3 Å². The average Bonchev–Trinajstić information content (AvgIpc) is 2.77. The molecule has 0 unspecified atom stereocenters. The third kappa shape index (κ3) is 6.50. The van der Waals surface area contributed by atoms with Gasteiger partial charge in [0.15, 0.2) is 0 Å². The van der Waals surface area contributed by atoms with Crippen LogP contribution in [-0.2, 0) is 4.79 Å². The molecule has 3 N–H and O–H groups in total. The molecule has 0 amide bonds. The lowest BCUT2D eigenvalue weighted by molar-refractivity contribution is -0.139. The Hall–Kier alpha value is -3.53. The van der Waals surface area contributed by atoms with Gasteiger partial charge in [0.25, 0.3) is 0 Å². The summed E-state index contributed by atoms with van der Waals surface area (Å²) in [6.45, 7) is 3.99. The van der Waals surface area contributed by atoms with Crippen molar-refractivity contribution < 1.29 is 28.9 Å². The number of halogens is 2. The van der Waals surface area contributed by atoms with Gasteiger partial charge >= 0.3 is 5.97 Å². The lowest BCUT2D eigenvalue weighted by Gasteiger charge is -2.17. The summed E-state index contributed by atoms with van der Waals surface area (Å²) in [7, 11) is 0. The summed E-state index contributed by atoms with van der Waals surface area (Å²) in [5.41, 5.74) is 4.61. The molecule has 0 aliphatic rings. The minimum absolute atomic E-state index is 0.0404. The first-order valence-corrected chi connectivity index (χ1v) is 10.9. The van der Waals surface area contributed by atoms with Gasteiger partial charge in [-0.1, -0.05) is 50.0 Å². The highest BCUT2D eigenvalue weighted by Crippen LogP contribution is 2.35. The van der Waals surface area contributed by atoms with Crippen LogP contribution in [0.2, 0.25) is 0 Å². The molecule has 0 heterocycles. The van der Waals surface area contributed by atoms with E-state index in [4.69, 9.17) is 5.11 Å². The van der Waals surface area contributed by atoms with E-state index in [1.807, 2.05) is 26.0 Å². The Balaban J connectivity index is 2.12. The van der Waals surface area contributed by atoms with Crippen LogP contribution >= 0.6 is 0 Å². The first-order valence-electron chi connectivity index (χ1n) is 10.9. The molecular weight excluding hydrogens is 438 g/mol. The summed E-state index contributed by atoms with van der Waals surface area (Å²) in [5, 5.41) is 28.9. The van der Waals surface area contributed by atoms with E-state index in [0.717, 1.165) is 27.8 Å². The molecule has 3 rings (SSSR count). The summed E-state index contributed by atoms with van der Waals surface area (Å²) in [5.74, 6) is 3.89. The van der Waals surface area contributed by atoms with Gasteiger partial charge in [0.2, 0.25) is 0 Å². The average molecular weight is 465 g/mol. The van der Waals surface area contributed by atoms with Crippen molar-refractivity contribution in [1.29, 1.82) is 0 Å². The van der Waals surface area contributed by atoms with Crippen LogP contribution in [0.4, 0.5) is 8.78 Å². The monoisotopic (exact) mass is 464 g/mol. The highest BCUT2D eigenvalue weighted by atomic mass is 19.1. The number of hydrogen-bond acceptors (Lipinski definition) is 3. The molecule has 176 valence electrons. The van der Waals surface area contributed by atoms with Gasteiger partial charge in [-0.2, -0.15) is 0 Å². The fourth-order valence-corrected chi connectivity index (χ4v) is 3.68. The van der Waals surface area contributed by atoms with Crippen LogP contribution < -0.4 is 0 Å². The SMILES string of the molecule is CC(C)c1cc(-c2ccc(F)cc2)cc(-c2ccc(F)cc2)c1C#C[C@@H](O)C[C@@H](O)CC(=O)O. The van der Waals surface area contributed by atoms with E-state index in [1.54, 1.807) is 24.3 Å². The summed E-state index contributed by atoms with van der Waals surface area (Å²) in [6, 6.07) is 16.0. The Morgan fingerprint density at radius 1 is 0.882 bits per heavy atom. The number of carboxylic acids is 1. The van der Waals surface area contributed by atoms with E-state index in [0.29, 0.717) is 5.56 Å². The Labute approximate surface area is 197 Å². The van der Waals surface area contributed by atoms with Gasteiger partial charge in [0.05, 0.1) is 12.5 Å². The maximum absolute atomic E-state index is 13.6. The van der Waals surface area contributed by atoms with Gasteiger partial charge in [0, 0.05) is 12.0 Å². The van der Waals surface area contributed by atoms with Crippen molar-refractivity contribution >= 4 is 5.97 Å². The number of hydrogen-bond donors (Lipinski definition) is 3. The van der Waals surface area contributed by atoms with E-state index in [9.17, 15) is 23.8 Å². The number of carboxylic acid groups (broad SMARTS) is 1. The van der Waals surface area contributed by atoms with Gasteiger partial charge in [0.1, 0.15) is 17.7 Å². The minimum Gasteiger partial charge on any atom is -0.481 e. The standard InChI is InChI=1S/C28H26F2O4/c1-17(2)26-13-20(18-3-7-21(29)8-4-18)14-27(19-5-9-22(30)10-6-19)25(26)12-11-23(31)15-24(32)16-28(33)34/h3-10,13-14,17,23-24,31-32H,15-16H2,1-2H3,(H,33,34)/t23-,24-/m1/s1. The zero-order chi connectivity index (χ0) is 24.8. The zero-order valence-corrected chi connectivity index (χ0v) is 18.9. The molecule has 0 spiro atoms. The maximum Gasteiger partial charge on any atom is 0.305 e. The molecule has 3 aromatic carbocycles. The number of rotatable bonds is 7. The number of benzene rings is 3. The van der Waals surface area contributed by atoms with Gasteiger partial charge in [-0.15, -0.1) is 0 Å². The van der Waals surface area contributed by atoms with E-state index in [-0.39, 0.29) is 24.0 Å². The number of aliphatic carboxylic acids is 1. The summed E-state index contributed by atoms with van der Waals surface area (Å²) in [6.07, 6.45) is -3.13. The number of aliphatic hydroxyl groups is 2. The van der Waals surface area contributed by atoms with Gasteiger partial charge in [-0.25, -0.2) is 8.78 Å². The molecule has 0 aliphatic carbocycles. The minimum atomic E-state index is -1.23. The first kappa shape index (κ1) is 25.1. The lowest BCUT2D eigenvalue weighted by Crippen LogP contribution is -2.19. The molecule has 4 nitrogen and oxygen atoms in total. The van der Waals surface area contributed by atoms with E-state index >= 15 is 0 Å². The highest BCUT2D eigenvalue weighted by molar-refractivity contribution is 5.80. The zero-order valence-electron chi connectivity index (χ0n) is 18.9. The molecule has 6 heteroatoms.